The second kappa shape index (κ2) is 9.17. The van der Waals surface area contributed by atoms with Crippen LogP contribution in [0.15, 0.2) is 71.9 Å². The van der Waals surface area contributed by atoms with Gasteiger partial charge in [0.05, 0.1) is 25.2 Å². The highest BCUT2D eigenvalue weighted by molar-refractivity contribution is 5.73. The number of carbonyl (C=O) groups is 1. The Morgan fingerprint density at radius 1 is 1.03 bits per heavy atom. The lowest BCUT2D eigenvalue weighted by atomic mass is 10.2. The number of imidazole rings is 2. The lowest BCUT2D eigenvalue weighted by molar-refractivity contribution is 0.0499. The van der Waals surface area contributed by atoms with Crippen LogP contribution < -0.4 is 15.0 Å². The summed E-state index contributed by atoms with van der Waals surface area (Å²) in [5.74, 6) is 1.03. The van der Waals surface area contributed by atoms with Crippen LogP contribution in [0.3, 0.4) is 0 Å². The molecule has 0 saturated carbocycles. The molecule has 34 heavy (non-hydrogen) atoms. The monoisotopic (exact) mass is 461 g/mol. The molecule has 0 aliphatic rings. The number of ether oxygens (including phenoxy) is 3. The van der Waals surface area contributed by atoms with Crippen molar-refractivity contribution in [1.82, 2.24) is 23.9 Å². The fraction of sp³-hybridized carbons (Fsp3) is 0.130. The smallest absolute Gasteiger partial charge is 0.395 e. The first kappa shape index (κ1) is 21.4. The van der Waals surface area contributed by atoms with Gasteiger partial charge in [0.25, 0.3) is 5.56 Å². The summed E-state index contributed by atoms with van der Waals surface area (Å²) < 4.78 is 18.6. The van der Waals surface area contributed by atoms with Crippen LogP contribution in [0.2, 0.25) is 0 Å². The van der Waals surface area contributed by atoms with Crippen molar-refractivity contribution in [2.24, 2.45) is 0 Å². The summed E-state index contributed by atoms with van der Waals surface area (Å²) in [7, 11) is 0. The van der Waals surface area contributed by atoms with Crippen LogP contribution in [0.1, 0.15) is 0 Å². The van der Waals surface area contributed by atoms with Crippen molar-refractivity contribution in [3.63, 3.8) is 0 Å². The second-order valence-electron chi connectivity index (χ2n) is 7.22. The Balaban J connectivity index is 1.36. The van der Waals surface area contributed by atoms with Crippen LogP contribution in [0.4, 0.5) is 4.79 Å². The third kappa shape index (κ3) is 4.25. The Morgan fingerprint density at radius 3 is 2.50 bits per heavy atom. The number of aliphatic hydroxyl groups excluding tert-OH is 1. The summed E-state index contributed by atoms with van der Waals surface area (Å²) >= 11 is 0. The highest BCUT2D eigenvalue weighted by Gasteiger charge is 2.15. The summed E-state index contributed by atoms with van der Waals surface area (Å²) in [6.45, 7) is 0.170. The summed E-state index contributed by atoms with van der Waals surface area (Å²) in [5, 5.41) is 8.87. The van der Waals surface area contributed by atoms with E-state index in [-0.39, 0.29) is 31.0 Å². The van der Waals surface area contributed by atoms with Gasteiger partial charge in [-0.2, -0.15) is 4.98 Å². The summed E-state index contributed by atoms with van der Waals surface area (Å²) in [4.78, 5) is 36.6. The van der Waals surface area contributed by atoms with E-state index in [2.05, 4.69) is 15.0 Å². The number of carbonyl (C=O) groups excluding carboxylic acids is 1. The van der Waals surface area contributed by atoms with E-state index in [1.54, 1.807) is 59.3 Å². The molecule has 3 aromatic heterocycles. The van der Waals surface area contributed by atoms with E-state index in [9.17, 15) is 9.59 Å². The standard InChI is InChI=1S/C23H19N5O6/c29-10-11-32-14-27-13-24-19-20(27)26-22-25-18(12-28(22)21(19)30)15-6-8-17(9-7-15)34-23(31)33-16-4-2-1-3-5-16/h1-9,12-13,29H,10-11,14H2,(H,25,26). The van der Waals surface area contributed by atoms with Crippen molar-refractivity contribution in [2.75, 3.05) is 13.2 Å². The number of aromatic amines is 1. The van der Waals surface area contributed by atoms with Crippen LogP contribution in [-0.4, -0.2) is 48.4 Å². The number of fused-ring (bicyclic) bond motifs is 2. The maximum absolute atomic E-state index is 12.9. The minimum Gasteiger partial charge on any atom is -0.395 e. The molecule has 0 aliphatic heterocycles. The third-order valence-electron chi connectivity index (χ3n) is 4.95. The highest BCUT2D eigenvalue weighted by atomic mass is 16.7. The number of H-pyrrole nitrogens is 1. The zero-order valence-electron chi connectivity index (χ0n) is 17.7. The fourth-order valence-corrected chi connectivity index (χ4v) is 3.37. The van der Waals surface area contributed by atoms with Gasteiger partial charge in [-0.05, 0) is 42.0 Å². The van der Waals surface area contributed by atoms with E-state index in [1.807, 2.05) is 6.07 Å². The molecule has 0 fully saturated rings. The molecule has 5 rings (SSSR count). The number of aromatic nitrogens is 5. The molecule has 0 radical (unpaired) electrons. The Hall–Kier alpha value is -4.48. The van der Waals surface area contributed by atoms with Crippen molar-refractivity contribution in [3.8, 4) is 22.8 Å². The zero-order chi connectivity index (χ0) is 23.5. The molecule has 0 unspecified atom stereocenters. The van der Waals surface area contributed by atoms with E-state index in [0.717, 1.165) is 5.56 Å². The minimum absolute atomic E-state index is 0.106. The van der Waals surface area contributed by atoms with Gasteiger partial charge in [-0.25, -0.2) is 14.2 Å². The summed E-state index contributed by atoms with van der Waals surface area (Å²) in [6.07, 6.45) is 2.26. The molecule has 0 aliphatic carbocycles. The van der Waals surface area contributed by atoms with Gasteiger partial charge in [-0.1, -0.05) is 18.2 Å². The van der Waals surface area contributed by atoms with Crippen molar-refractivity contribution >= 4 is 23.1 Å². The zero-order valence-corrected chi connectivity index (χ0v) is 17.7. The van der Waals surface area contributed by atoms with Gasteiger partial charge < -0.3 is 24.3 Å². The third-order valence-corrected chi connectivity index (χ3v) is 4.95. The molecular weight excluding hydrogens is 442 g/mol. The Labute approximate surface area is 191 Å². The first-order valence-electron chi connectivity index (χ1n) is 10.3. The second-order valence-corrected chi connectivity index (χ2v) is 7.22. The average Bonchev–Trinajstić information content (AvgIpc) is 3.46. The number of rotatable bonds is 7. The van der Waals surface area contributed by atoms with Gasteiger partial charge in [-0.15, -0.1) is 0 Å². The molecule has 0 bridgehead atoms. The number of hydrogen-bond acceptors (Lipinski definition) is 8. The molecule has 3 heterocycles. The van der Waals surface area contributed by atoms with Gasteiger partial charge in [0.2, 0.25) is 5.78 Å². The molecule has 11 heteroatoms. The number of hydrogen-bond donors (Lipinski definition) is 2. The molecule has 0 atom stereocenters. The molecule has 2 aromatic carbocycles. The number of benzene rings is 2. The largest absolute Gasteiger partial charge is 0.519 e. The number of aliphatic hydroxyl groups is 1. The van der Waals surface area contributed by atoms with Gasteiger partial charge in [-0.3, -0.25) is 9.36 Å². The number of para-hydroxylation sites is 1. The fourth-order valence-electron chi connectivity index (χ4n) is 3.37. The van der Waals surface area contributed by atoms with E-state index >= 15 is 0 Å². The maximum atomic E-state index is 12.9. The quantitative estimate of drug-likeness (QED) is 0.215. The van der Waals surface area contributed by atoms with Crippen molar-refractivity contribution in [1.29, 1.82) is 0 Å². The predicted octanol–water partition coefficient (Wildman–Crippen LogP) is 2.58. The Bertz CT molecular complexity index is 1500. The molecule has 0 saturated heterocycles. The Kier molecular flexibility index (Phi) is 5.77. The van der Waals surface area contributed by atoms with Crippen LogP contribution in [0, 0.1) is 0 Å². The number of nitrogens with one attached hydrogen (secondary N) is 1. The molecule has 0 amide bonds. The molecule has 5 aromatic rings. The first-order chi connectivity index (χ1) is 16.6. The average molecular weight is 461 g/mol. The van der Waals surface area contributed by atoms with Gasteiger partial charge in [0.15, 0.2) is 11.2 Å². The lowest BCUT2D eigenvalue weighted by Crippen LogP contribution is -2.14. The minimum atomic E-state index is -0.845. The molecule has 0 spiro atoms. The lowest BCUT2D eigenvalue weighted by Gasteiger charge is -2.06. The predicted molar refractivity (Wildman–Crippen MR) is 121 cm³/mol. The van der Waals surface area contributed by atoms with Gasteiger partial charge >= 0.3 is 6.16 Å². The first-order valence-corrected chi connectivity index (χ1v) is 10.3. The topological polar surface area (TPSA) is 133 Å². The van der Waals surface area contributed by atoms with Crippen molar-refractivity contribution in [2.45, 2.75) is 6.73 Å². The molecular formula is C23H19N5O6. The van der Waals surface area contributed by atoms with E-state index in [1.165, 1.54) is 10.7 Å². The summed E-state index contributed by atoms with van der Waals surface area (Å²) in [6, 6.07) is 15.3. The van der Waals surface area contributed by atoms with Crippen molar-refractivity contribution in [3.05, 3.63) is 77.5 Å². The SMILES string of the molecule is O=C(Oc1ccccc1)Oc1ccc(-c2cn3c(=O)c4ncn(COCCO)c4nc3[nH]2)cc1. The maximum Gasteiger partial charge on any atom is 0.519 e. The van der Waals surface area contributed by atoms with Gasteiger partial charge in [0.1, 0.15) is 18.2 Å². The number of nitrogens with zero attached hydrogens (tertiary/aromatic N) is 4. The van der Waals surface area contributed by atoms with Crippen LogP contribution in [-0.2, 0) is 11.5 Å². The van der Waals surface area contributed by atoms with Crippen LogP contribution in [0.25, 0.3) is 28.2 Å². The van der Waals surface area contributed by atoms with E-state index < -0.39 is 6.16 Å². The molecule has 11 nitrogen and oxygen atoms in total. The normalized spacial score (nSPS) is 11.2. The summed E-state index contributed by atoms with van der Waals surface area (Å²) in [5.41, 5.74) is 1.64. The highest BCUT2D eigenvalue weighted by Crippen LogP contribution is 2.22. The molecule has 172 valence electrons. The Morgan fingerprint density at radius 2 is 1.76 bits per heavy atom. The van der Waals surface area contributed by atoms with Gasteiger partial charge in [0, 0.05) is 6.20 Å². The van der Waals surface area contributed by atoms with E-state index in [0.29, 0.717) is 28.6 Å². The van der Waals surface area contributed by atoms with Crippen LogP contribution >= 0.6 is 0 Å². The van der Waals surface area contributed by atoms with Crippen LogP contribution in [0.5, 0.6) is 11.5 Å². The van der Waals surface area contributed by atoms with E-state index in [4.69, 9.17) is 19.3 Å². The van der Waals surface area contributed by atoms with Crippen molar-refractivity contribution < 1.29 is 24.1 Å². The molecule has 2 N–H and O–H groups in total.